The molecule has 0 saturated carbocycles. The van der Waals surface area contributed by atoms with Gasteiger partial charge in [-0.3, -0.25) is 4.79 Å². The van der Waals surface area contributed by atoms with E-state index in [0.717, 1.165) is 5.75 Å². The van der Waals surface area contributed by atoms with Crippen LogP contribution in [0.2, 0.25) is 0 Å². The first-order valence-corrected chi connectivity index (χ1v) is 7.76. The van der Waals surface area contributed by atoms with E-state index in [2.05, 4.69) is 15.5 Å². The third kappa shape index (κ3) is 3.91. The molecule has 0 bridgehead atoms. The highest BCUT2D eigenvalue weighted by Gasteiger charge is 2.18. The minimum absolute atomic E-state index is 0.130. The Labute approximate surface area is 133 Å². The van der Waals surface area contributed by atoms with Crippen LogP contribution < -0.4 is 15.9 Å². The summed E-state index contributed by atoms with van der Waals surface area (Å²) in [5.74, 6) is 7.02. The van der Waals surface area contributed by atoms with Crippen LogP contribution in [0.25, 0.3) is 0 Å². The largest absolute Gasteiger partial charge is 0.494 e. The number of rotatable bonds is 6. The molecule has 1 amide bonds. The van der Waals surface area contributed by atoms with E-state index in [9.17, 15) is 4.79 Å². The number of hydrogen-bond donors (Lipinski definition) is 2. The molecule has 1 heterocycles. The van der Waals surface area contributed by atoms with E-state index in [1.54, 1.807) is 26.0 Å². The number of thioether (sulfide) groups is 1. The zero-order valence-electron chi connectivity index (χ0n) is 12.7. The Morgan fingerprint density at radius 2 is 2.09 bits per heavy atom. The Morgan fingerprint density at radius 1 is 1.41 bits per heavy atom. The van der Waals surface area contributed by atoms with Gasteiger partial charge in [0, 0.05) is 5.69 Å². The number of anilines is 1. The Balaban J connectivity index is 1.94. The van der Waals surface area contributed by atoms with Crippen LogP contribution in [-0.2, 0) is 4.79 Å². The highest BCUT2D eigenvalue weighted by molar-refractivity contribution is 8.00. The molecule has 1 atom stereocenters. The molecular weight excluding hydrogens is 302 g/mol. The summed E-state index contributed by atoms with van der Waals surface area (Å²) in [4.78, 5) is 12.2. The van der Waals surface area contributed by atoms with Gasteiger partial charge in [-0.2, -0.15) is 0 Å². The monoisotopic (exact) mass is 321 g/mol. The maximum Gasteiger partial charge on any atom is 0.237 e. The third-order valence-electron chi connectivity index (χ3n) is 2.92. The summed E-state index contributed by atoms with van der Waals surface area (Å²) >= 11 is 1.26. The van der Waals surface area contributed by atoms with Crippen LogP contribution >= 0.6 is 11.8 Å². The number of carbonyl (C=O) groups is 1. The van der Waals surface area contributed by atoms with E-state index in [-0.39, 0.29) is 11.2 Å². The quantitative estimate of drug-likeness (QED) is 0.622. The lowest BCUT2D eigenvalue weighted by Gasteiger charge is -2.12. The lowest BCUT2D eigenvalue weighted by Crippen LogP contribution is -2.23. The summed E-state index contributed by atoms with van der Waals surface area (Å²) < 4.78 is 6.73. The van der Waals surface area contributed by atoms with Gasteiger partial charge in [-0.25, -0.2) is 4.68 Å². The summed E-state index contributed by atoms with van der Waals surface area (Å²) in [5, 5.41) is 10.8. The Hall–Kier alpha value is -2.22. The van der Waals surface area contributed by atoms with Gasteiger partial charge in [0.25, 0.3) is 0 Å². The van der Waals surface area contributed by atoms with Gasteiger partial charge in [0.05, 0.1) is 11.9 Å². The molecule has 0 fully saturated rings. The molecule has 3 N–H and O–H groups in total. The molecule has 7 nitrogen and oxygen atoms in total. The van der Waals surface area contributed by atoms with Crippen molar-refractivity contribution in [1.29, 1.82) is 0 Å². The topological polar surface area (TPSA) is 95.1 Å². The maximum absolute atomic E-state index is 12.2. The Kier molecular flexibility index (Phi) is 5.26. The normalized spacial score (nSPS) is 12.0. The summed E-state index contributed by atoms with van der Waals surface area (Å²) in [6.07, 6.45) is 0. The molecule has 118 valence electrons. The van der Waals surface area contributed by atoms with Crippen molar-refractivity contribution in [2.45, 2.75) is 31.2 Å². The van der Waals surface area contributed by atoms with Crippen LogP contribution in [0.4, 0.5) is 5.69 Å². The first kappa shape index (κ1) is 16.2. The maximum atomic E-state index is 12.2. The first-order valence-electron chi connectivity index (χ1n) is 6.88. The molecule has 1 aromatic carbocycles. The second-order valence-electron chi connectivity index (χ2n) is 4.61. The molecule has 22 heavy (non-hydrogen) atoms. The highest BCUT2D eigenvalue weighted by Crippen LogP contribution is 2.22. The van der Waals surface area contributed by atoms with Gasteiger partial charge in [-0.05, 0) is 45.0 Å². The van der Waals surface area contributed by atoms with Gasteiger partial charge >= 0.3 is 0 Å². The minimum Gasteiger partial charge on any atom is -0.494 e. The minimum atomic E-state index is -0.350. The van der Waals surface area contributed by atoms with Gasteiger partial charge < -0.3 is 15.9 Å². The lowest BCUT2D eigenvalue weighted by molar-refractivity contribution is -0.115. The fourth-order valence-electron chi connectivity index (χ4n) is 1.69. The molecule has 0 aliphatic heterocycles. The molecule has 0 aliphatic carbocycles. The number of nitrogens with two attached hydrogens (primary N) is 1. The zero-order valence-corrected chi connectivity index (χ0v) is 13.6. The van der Waals surface area contributed by atoms with Crippen molar-refractivity contribution >= 4 is 23.4 Å². The van der Waals surface area contributed by atoms with Gasteiger partial charge in [-0.1, -0.05) is 11.8 Å². The third-order valence-corrected chi connectivity index (χ3v) is 3.98. The van der Waals surface area contributed by atoms with Crippen molar-refractivity contribution in [3.8, 4) is 5.75 Å². The fraction of sp³-hybridized carbons (Fsp3) is 0.357. The molecule has 0 aliphatic rings. The first-order chi connectivity index (χ1) is 10.5. The molecule has 8 heteroatoms. The van der Waals surface area contributed by atoms with Crippen LogP contribution in [0.1, 0.15) is 19.7 Å². The van der Waals surface area contributed by atoms with E-state index in [1.807, 2.05) is 19.1 Å². The fourth-order valence-corrected chi connectivity index (χ4v) is 2.50. The van der Waals surface area contributed by atoms with Gasteiger partial charge in [-0.15, -0.1) is 10.2 Å². The second kappa shape index (κ2) is 7.17. The predicted octanol–water partition coefficient (Wildman–Crippen LogP) is 1.82. The number of hydrogen-bond acceptors (Lipinski definition) is 6. The molecule has 0 saturated heterocycles. The van der Waals surface area contributed by atoms with Crippen molar-refractivity contribution in [2.75, 3.05) is 17.8 Å². The molecule has 0 spiro atoms. The van der Waals surface area contributed by atoms with Crippen molar-refractivity contribution in [3.63, 3.8) is 0 Å². The number of aromatic nitrogens is 3. The standard InChI is InChI=1S/C14H19N5O2S/c1-4-21-12-7-5-11(6-8-12)16-13(20)9(2)22-14-18-17-10(3)19(14)15/h5-9H,4,15H2,1-3H3,(H,16,20)/t9-/m1/s1. The molecule has 2 aromatic rings. The second-order valence-corrected chi connectivity index (χ2v) is 5.91. The molecule has 2 rings (SSSR count). The Bertz CT molecular complexity index is 641. The average molecular weight is 321 g/mol. The average Bonchev–Trinajstić information content (AvgIpc) is 2.81. The SMILES string of the molecule is CCOc1ccc(NC(=O)[C@@H](C)Sc2nnc(C)n2N)cc1. The number of aryl methyl sites for hydroxylation is 1. The lowest BCUT2D eigenvalue weighted by atomic mass is 10.3. The number of carbonyl (C=O) groups excluding carboxylic acids is 1. The smallest absolute Gasteiger partial charge is 0.237 e. The van der Waals surface area contributed by atoms with Crippen LogP contribution in [0.5, 0.6) is 5.75 Å². The van der Waals surface area contributed by atoms with Gasteiger partial charge in [0.15, 0.2) is 0 Å². The van der Waals surface area contributed by atoms with Crippen molar-refractivity contribution in [2.24, 2.45) is 0 Å². The van der Waals surface area contributed by atoms with E-state index in [1.165, 1.54) is 16.4 Å². The van der Waals surface area contributed by atoms with E-state index >= 15 is 0 Å². The number of nitrogens with one attached hydrogen (secondary N) is 1. The van der Waals surface area contributed by atoms with Crippen LogP contribution in [-0.4, -0.2) is 32.6 Å². The summed E-state index contributed by atoms with van der Waals surface area (Å²) in [5.41, 5.74) is 0.714. The van der Waals surface area contributed by atoms with Gasteiger partial charge in [0.2, 0.25) is 11.1 Å². The van der Waals surface area contributed by atoms with Crippen LogP contribution in [0.15, 0.2) is 29.4 Å². The zero-order chi connectivity index (χ0) is 16.1. The Morgan fingerprint density at radius 3 is 2.64 bits per heavy atom. The summed E-state index contributed by atoms with van der Waals surface area (Å²) in [6, 6.07) is 7.24. The van der Waals surface area contributed by atoms with Crippen LogP contribution in [0, 0.1) is 6.92 Å². The van der Waals surface area contributed by atoms with Crippen molar-refractivity contribution in [3.05, 3.63) is 30.1 Å². The summed E-state index contributed by atoms with van der Waals surface area (Å²) in [7, 11) is 0. The number of ether oxygens (including phenoxy) is 1. The van der Waals surface area contributed by atoms with Crippen molar-refractivity contribution < 1.29 is 9.53 Å². The molecule has 0 radical (unpaired) electrons. The number of nitrogens with zero attached hydrogens (tertiary/aromatic N) is 3. The predicted molar refractivity (Wildman–Crippen MR) is 86.5 cm³/mol. The van der Waals surface area contributed by atoms with E-state index < -0.39 is 0 Å². The van der Waals surface area contributed by atoms with Crippen molar-refractivity contribution in [1.82, 2.24) is 14.9 Å². The van der Waals surface area contributed by atoms with Gasteiger partial charge in [0.1, 0.15) is 11.6 Å². The number of nitrogen functional groups attached to an aromatic ring is 1. The van der Waals surface area contributed by atoms with E-state index in [0.29, 0.717) is 23.3 Å². The summed E-state index contributed by atoms with van der Waals surface area (Å²) in [6.45, 7) is 6.07. The number of benzene rings is 1. The highest BCUT2D eigenvalue weighted by atomic mass is 32.2. The van der Waals surface area contributed by atoms with Crippen LogP contribution in [0.3, 0.4) is 0 Å². The molecule has 1 aromatic heterocycles. The molecule has 0 unspecified atom stereocenters. The number of amides is 1. The van der Waals surface area contributed by atoms with E-state index in [4.69, 9.17) is 10.6 Å². The molecular formula is C14H19N5O2S.